The smallest absolute Gasteiger partial charge is 0.137 e. The van der Waals surface area contributed by atoms with E-state index in [2.05, 4.69) is 9.98 Å². The number of aliphatic imine (C=N–C) groups is 1. The van der Waals surface area contributed by atoms with Crippen LogP contribution in [0.25, 0.3) is 5.69 Å². The Balaban J connectivity index is 2.13. The fourth-order valence-electron chi connectivity index (χ4n) is 3.02. The predicted octanol–water partition coefficient (Wildman–Crippen LogP) is 5.37. The molecule has 2 heterocycles. The van der Waals surface area contributed by atoms with Gasteiger partial charge in [0.2, 0.25) is 0 Å². The second-order valence-electron chi connectivity index (χ2n) is 5.66. The van der Waals surface area contributed by atoms with Crippen LogP contribution in [0.3, 0.4) is 0 Å². The van der Waals surface area contributed by atoms with E-state index < -0.39 is 17.7 Å². The van der Waals surface area contributed by atoms with Gasteiger partial charge >= 0.3 is 0 Å². The van der Waals surface area contributed by atoms with Crippen LogP contribution in [-0.4, -0.2) is 15.3 Å². The summed E-state index contributed by atoms with van der Waals surface area (Å²) in [6.07, 6.45) is 3.40. The van der Waals surface area contributed by atoms with Gasteiger partial charge in [-0.2, -0.15) is 0 Å². The largest absolute Gasteiger partial charge is 0.301 e. The molecule has 1 aliphatic rings. The molecular formula is C18H11Cl2F2N3. The normalized spacial score (nSPS) is 16.0. The van der Waals surface area contributed by atoms with Crippen molar-refractivity contribution in [2.45, 2.75) is 13.0 Å². The molecule has 4 rings (SSSR count). The highest BCUT2D eigenvalue weighted by Crippen LogP contribution is 2.37. The lowest BCUT2D eigenvalue weighted by Crippen LogP contribution is -2.12. The SMILES string of the molecule is C[C@@H]1N=C(c2c(F)cccc2F)c2c(ccc(Cl)c2Cl)-n2ccnc21. The molecule has 3 aromatic rings. The van der Waals surface area contributed by atoms with Gasteiger partial charge in [0.25, 0.3) is 0 Å². The average Bonchev–Trinajstić information content (AvgIpc) is 3.02. The lowest BCUT2D eigenvalue weighted by molar-refractivity contribution is 0.578. The van der Waals surface area contributed by atoms with Crippen LogP contribution in [0.5, 0.6) is 0 Å². The molecule has 0 unspecified atom stereocenters. The van der Waals surface area contributed by atoms with Crippen molar-refractivity contribution in [1.29, 1.82) is 0 Å². The van der Waals surface area contributed by atoms with Gasteiger partial charge in [-0.1, -0.05) is 29.3 Å². The number of fused-ring (bicyclic) bond motifs is 3. The highest BCUT2D eigenvalue weighted by molar-refractivity contribution is 6.45. The van der Waals surface area contributed by atoms with E-state index in [1.807, 2.05) is 0 Å². The molecule has 0 aliphatic carbocycles. The van der Waals surface area contributed by atoms with Gasteiger partial charge in [0.1, 0.15) is 23.5 Å². The summed E-state index contributed by atoms with van der Waals surface area (Å²) >= 11 is 12.6. The van der Waals surface area contributed by atoms with Crippen molar-refractivity contribution in [3.8, 4) is 5.69 Å². The van der Waals surface area contributed by atoms with Crippen molar-refractivity contribution in [3.63, 3.8) is 0 Å². The van der Waals surface area contributed by atoms with Crippen LogP contribution in [0.15, 0.2) is 47.7 Å². The van der Waals surface area contributed by atoms with E-state index in [1.54, 1.807) is 36.0 Å². The minimum Gasteiger partial charge on any atom is -0.301 e. The van der Waals surface area contributed by atoms with Gasteiger partial charge in [-0.05, 0) is 31.2 Å². The number of imidazole rings is 1. The molecular weight excluding hydrogens is 367 g/mol. The van der Waals surface area contributed by atoms with E-state index >= 15 is 0 Å². The Kier molecular flexibility index (Phi) is 3.85. The molecule has 1 aliphatic heterocycles. The Bertz CT molecular complexity index is 1010. The van der Waals surface area contributed by atoms with E-state index in [4.69, 9.17) is 23.2 Å². The number of nitrogens with zero attached hydrogens (tertiary/aromatic N) is 3. The maximum Gasteiger partial charge on any atom is 0.137 e. The predicted molar refractivity (Wildman–Crippen MR) is 94.0 cm³/mol. The van der Waals surface area contributed by atoms with Crippen LogP contribution in [0.4, 0.5) is 8.78 Å². The highest BCUT2D eigenvalue weighted by atomic mass is 35.5. The second kappa shape index (κ2) is 5.93. The summed E-state index contributed by atoms with van der Waals surface area (Å²) in [7, 11) is 0. The molecule has 0 saturated heterocycles. The van der Waals surface area contributed by atoms with E-state index in [-0.39, 0.29) is 21.3 Å². The van der Waals surface area contributed by atoms with E-state index in [0.717, 1.165) is 0 Å². The Morgan fingerprint density at radius 2 is 1.76 bits per heavy atom. The lowest BCUT2D eigenvalue weighted by atomic mass is 9.99. The molecule has 1 aromatic heterocycles. The van der Waals surface area contributed by atoms with Gasteiger partial charge in [0, 0.05) is 18.0 Å². The molecule has 0 bridgehead atoms. The van der Waals surface area contributed by atoms with Crippen molar-refractivity contribution >= 4 is 28.9 Å². The van der Waals surface area contributed by atoms with Crippen LogP contribution in [0.2, 0.25) is 10.0 Å². The summed E-state index contributed by atoms with van der Waals surface area (Å²) in [6.45, 7) is 1.80. The molecule has 3 nitrogen and oxygen atoms in total. The van der Waals surface area contributed by atoms with Crippen molar-refractivity contribution in [2.75, 3.05) is 0 Å². The van der Waals surface area contributed by atoms with Gasteiger partial charge in [0.15, 0.2) is 0 Å². The number of hydrogen-bond acceptors (Lipinski definition) is 2. The van der Waals surface area contributed by atoms with Gasteiger partial charge in [-0.3, -0.25) is 4.99 Å². The Labute approximate surface area is 152 Å². The fourth-order valence-corrected chi connectivity index (χ4v) is 3.43. The van der Waals surface area contributed by atoms with Crippen molar-refractivity contribution in [3.05, 3.63) is 81.4 Å². The van der Waals surface area contributed by atoms with E-state index in [1.165, 1.54) is 18.2 Å². The maximum atomic E-state index is 14.5. The number of halogens is 4. The Morgan fingerprint density at radius 1 is 1.04 bits per heavy atom. The van der Waals surface area contributed by atoms with Crippen molar-refractivity contribution < 1.29 is 8.78 Å². The third-order valence-corrected chi connectivity index (χ3v) is 4.94. The number of aromatic nitrogens is 2. The molecule has 0 spiro atoms. The second-order valence-corrected chi connectivity index (χ2v) is 6.45. The summed E-state index contributed by atoms with van der Waals surface area (Å²) in [5.41, 5.74) is 0.885. The van der Waals surface area contributed by atoms with E-state index in [9.17, 15) is 8.78 Å². The Hall–Kier alpha value is -2.24. The summed E-state index contributed by atoms with van der Waals surface area (Å²) in [5, 5.41) is 0.468. The first-order chi connectivity index (χ1) is 12.0. The zero-order valence-corrected chi connectivity index (χ0v) is 14.5. The van der Waals surface area contributed by atoms with Gasteiger partial charge < -0.3 is 4.57 Å². The monoisotopic (exact) mass is 377 g/mol. The quantitative estimate of drug-likeness (QED) is 0.560. The summed E-state index contributed by atoms with van der Waals surface area (Å²) in [6, 6.07) is 6.63. The zero-order chi connectivity index (χ0) is 17.7. The van der Waals surface area contributed by atoms with Crippen molar-refractivity contribution in [1.82, 2.24) is 9.55 Å². The molecule has 0 radical (unpaired) electrons. The average molecular weight is 378 g/mol. The summed E-state index contributed by atoms with van der Waals surface area (Å²) in [4.78, 5) is 8.85. The third-order valence-electron chi connectivity index (χ3n) is 4.13. The van der Waals surface area contributed by atoms with Crippen LogP contribution in [-0.2, 0) is 0 Å². The molecule has 0 fully saturated rings. The minimum absolute atomic E-state index is 0.121. The topological polar surface area (TPSA) is 30.2 Å². The van der Waals surface area contributed by atoms with Crippen LogP contribution < -0.4 is 0 Å². The standard InChI is InChI=1S/C18H11Cl2F2N3/c1-9-18-23-7-8-25(18)13-6-5-10(19)16(20)15(13)17(24-9)14-11(21)3-2-4-12(14)22/h2-9H,1H3/t9-/m0/s1. The molecule has 2 aromatic carbocycles. The highest BCUT2D eigenvalue weighted by Gasteiger charge is 2.29. The fraction of sp³-hybridized carbons (Fsp3) is 0.111. The number of benzene rings is 2. The molecule has 0 saturated carbocycles. The number of hydrogen-bond donors (Lipinski definition) is 0. The molecule has 25 heavy (non-hydrogen) atoms. The van der Waals surface area contributed by atoms with Crippen LogP contribution >= 0.6 is 23.2 Å². The number of rotatable bonds is 1. The first kappa shape index (κ1) is 16.2. The first-order valence-corrected chi connectivity index (χ1v) is 8.28. The summed E-state index contributed by atoms with van der Waals surface area (Å²) < 4.78 is 30.7. The summed E-state index contributed by atoms with van der Waals surface area (Å²) in [5.74, 6) is -0.786. The first-order valence-electron chi connectivity index (χ1n) is 7.53. The van der Waals surface area contributed by atoms with Gasteiger partial charge in [-0.25, -0.2) is 13.8 Å². The maximum absolute atomic E-state index is 14.5. The van der Waals surface area contributed by atoms with E-state index in [0.29, 0.717) is 17.1 Å². The third kappa shape index (κ3) is 2.46. The van der Waals surface area contributed by atoms with Crippen LogP contribution in [0, 0.1) is 11.6 Å². The molecule has 7 heteroatoms. The molecule has 0 amide bonds. The minimum atomic E-state index is -0.715. The zero-order valence-electron chi connectivity index (χ0n) is 13.0. The van der Waals surface area contributed by atoms with Gasteiger partial charge in [-0.15, -0.1) is 0 Å². The molecule has 126 valence electrons. The molecule has 0 N–H and O–H groups in total. The van der Waals surface area contributed by atoms with Gasteiger partial charge in [0.05, 0.1) is 27.0 Å². The molecule has 1 atom stereocenters. The Morgan fingerprint density at radius 3 is 2.48 bits per heavy atom. The van der Waals surface area contributed by atoms with Crippen molar-refractivity contribution in [2.24, 2.45) is 4.99 Å². The lowest BCUT2D eigenvalue weighted by Gasteiger charge is -2.15. The van der Waals surface area contributed by atoms with Crippen LogP contribution in [0.1, 0.15) is 29.9 Å².